The second-order valence-electron chi connectivity index (χ2n) is 15.8. The zero-order valence-corrected chi connectivity index (χ0v) is 27.9. The van der Waals surface area contributed by atoms with Crippen molar-refractivity contribution in [3.63, 3.8) is 0 Å². The number of ether oxygens (including phenoxy) is 2. The van der Waals surface area contributed by atoms with Crippen LogP contribution in [0.25, 0.3) is 0 Å². The molecule has 0 spiro atoms. The summed E-state index contributed by atoms with van der Waals surface area (Å²) in [6.07, 6.45) is -8.18. The van der Waals surface area contributed by atoms with Crippen LogP contribution < -0.4 is 0 Å². The van der Waals surface area contributed by atoms with Crippen molar-refractivity contribution in [3.8, 4) is 0 Å². The van der Waals surface area contributed by atoms with Gasteiger partial charge in [-0.2, -0.15) is 0 Å². The number of nitrogens with zero attached hydrogens (tertiary/aromatic N) is 3. The highest BCUT2D eigenvalue weighted by atomic mass is 16.7. The summed E-state index contributed by atoms with van der Waals surface area (Å²) in [6, 6.07) is 9.76. The maximum atomic E-state index is 12.7. The molecule has 16 atom stereocenters. The van der Waals surface area contributed by atoms with E-state index in [-0.39, 0.29) is 32.1 Å². The van der Waals surface area contributed by atoms with Gasteiger partial charge in [-0.05, 0) is 56.4 Å². The predicted octanol–water partition coefficient (Wildman–Crippen LogP) is -0.625. The lowest BCUT2D eigenvalue weighted by Gasteiger charge is -2.68. The van der Waals surface area contributed by atoms with Gasteiger partial charge in [0.05, 0.1) is 60.4 Å². The number of fused-ring (bicyclic) bond motifs is 5. The van der Waals surface area contributed by atoms with Crippen molar-refractivity contribution in [2.75, 3.05) is 6.61 Å². The summed E-state index contributed by atoms with van der Waals surface area (Å²) >= 11 is 0. The molecule has 4 saturated carbocycles. The standard InChI is InChI=1S/C35H51N3O11/c1-18-27(42)29(44)30(45)31(48-18)49-20-12-25(41)34(17-39)26-21(8-10-33(34,46)13-20)35(47)11-9-22(32(35,2)14-24(26)40)28(43)23-16-38(37-36-23)15-19-6-4-3-5-7-19/h3-7,16,18,20-22,24-31,39-47H,8-15,17H2,1-2H3/t18-,20-,21+,22+,24+,25+,26+,27-,28?,29+,30+,31-,32+,33-,34+,35-/m0/s1. The zero-order chi connectivity index (χ0) is 35.1. The van der Waals surface area contributed by atoms with Gasteiger partial charge in [-0.15, -0.1) is 5.10 Å². The first kappa shape index (κ1) is 35.3. The molecule has 4 aliphatic carbocycles. The van der Waals surface area contributed by atoms with E-state index in [0.29, 0.717) is 25.1 Å². The minimum absolute atomic E-state index is 0.0597. The zero-order valence-electron chi connectivity index (χ0n) is 27.9. The van der Waals surface area contributed by atoms with Crippen molar-refractivity contribution in [2.24, 2.45) is 28.6 Å². The first-order valence-corrected chi connectivity index (χ1v) is 17.6. The van der Waals surface area contributed by atoms with Crippen LogP contribution in [0, 0.1) is 28.6 Å². The van der Waals surface area contributed by atoms with Gasteiger partial charge in [0.1, 0.15) is 30.1 Å². The minimum atomic E-state index is -1.71. The number of hydrogen-bond acceptors (Lipinski definition) is 13. The second-order valence-corrected chi connectivity index (χ2v) is 15.8. The summed E-state index contributed by atoms with van der Waals surface area (Å²) in [5.41, 5.74) is -4.24. The molecule has 9 N–H and O–H groups in total. The van der Waals surface area contributed by atoms with Gasteiger partial charge in [0, 0.05) is 24.2 Å². The van der Waals surface area contributed by atoms with Crippen LogP contribution >= 0.6 is 0 Å². The van der Waals surface area contributed by atoms with Gasteiger partial charge < -0.3 is 55.4 Å². The topological polar surface area (TPSA) is 231 Å². The van der Waals surface area contributed by atoms with E-state index in [4.69, 9.17) is 9.47 Å². The second kappa shape index (κ2) is 12.6. The number of hydrogen-bond donors (Lipinski definition) is 9. The van der Waals surface area contributed by atoms with E-state index in [1.54, 1.807) is 10.9 Å². The average molecular weight is 690 g/mol. The summed E-state index contributed by atoms with van der Waals surface area (Å²) < 4.78 is 13.3. The van der Waals surface area contributed by atoms with Crippen LogP contribution in [0.3, 0.4) is 0 Å². The maximum absolute atomic E-state index is 12.7. The average Bonchev–Trinajstić information content (AvgIpc) is 3.64. The highest BCUT2D eigenvalue weighted by Crippen LogP contribution is 2.71. The van der Waals surface area contributed by atoms with E-state index in [9.17, 15) is 46.0 Å². The Hall–Kier alpha value is -2.08. The molecule has 1 aromatic carbocycles. The fourth-order valence-corrected chi connectivity index (χ4v) is 11.0. The molecule has 49 heavy (non-hydrogen) atoms. The lowest BCUT2D eigenvalue weighted by Crippen LogP contribution is -2.76. The van der Waals surface area contributed by atoms with Crippen molar-refractivity contribution in [1.82, 2.24) is 15.0 Å². The van der Waals surface area contributed by atoms with E-state index in [2.05, 4.69) is 10.3 Å². The Morgan fingerprint density at radius 2 is 1.73 bits per heavy atom. The van der Waals surface area contributed by atoms with Crippen molar-refractivity contribution >= 4 is 0 Å². The summed E-state index contributed by atoms with van der Waals surface area (Å²) in [6.45, 7) is 3.25. The molecule has 14 heteroatoms. The Kier molecular flexibility index (Phi) is 9.05. The first-order chi connectivity index (χ1) is 23.2. The fraction of sp³-hybridized carbons (Fsp3) is 0.771. The molecule has 2 heterocycles. The van der Waals surface area contributed by atoms with E-state index in [1.165, 1.54) is 6.92 Å². The highest BCUT2D eigenvalue weighted by Gasteiger charge is 2.75. The van der Waals surface area contributed by atoms with Gasteiger partial charge in [-0.25, -0.2) is 4.68 Å². The van der Waals surface area contributed by atoms with E-state index in [1.807, 2.05) is 37.3 Å². The van der Waals surface area contributed by atoms with Gasteiger partial charge in [0.25, 0.3) is 0 Å². The summed E-state index contributed by atoms with van der Waals surface area (Å²) in [5.74, 6) is -1.94. The van der Waals surface area contributed by atoms with E-state index >= 15 is 0 Å². The quantitative estimate of drug-likeness (QED) is 0.165. The number of aliphatic hydroxyl groups excluding tert-OH is 7. The number of rotatable bonds is 7. The maximum Gasteiger partial charge on any atom is 0.186 e. The lowest BCUT2D eigenvalue weighted by atomic mass is 9.40. The van der Waals surface area contributed by atoms with Crippen molar-refractivity contribution in [2.45, 2.75) is 132 Å². The SMILES string of the molecule is C[C@@H]1O[C@@H](O[C@H]2C[C@@H](O)[C@]3(CO)[C@H]4[C@H](O)C[C@]5(C)[C@@H](C(O)c6cn(Cc7ccccc7)nn6)CC[C@]5(O)[C@@H]4CC[C@]3(O)C2)[C@H](O)[C@H](O)[C@H]1O. The van der Waals surface area contributed by atoms with Gasteiger partial charge >= 0.3 is 0 Å². The Balaban J connectivity index is 1.12. The fourth-order valence-electron chi connectivity index (χ4n) is 11.0. The third-order valence-electron chi connectivity index (χ3n) is 13.5. The highest BCUT2D eigenvalue weighted by molar-refractivity contribution is 5.25. The normalized spacial score (nSPS) is 48.8. The predicted molar refractivity (Wildman–Crippen MR) is 170 cm³/mol. The molecule has 1 aliphatic heterocycles. The Morgan fingerprint density at radius 1 is 1.00 bits per heavy atom. The van der Waals surface area contributed by atoms with Crippen LogP contribution in [0.15, 0.2) is 36.5 Å². The summed E-state index contributed by atoms with van der Waals surface area (Å²) in [7, 11) is 0. The Bertz CT molecular complexity index is 1480. The molecule has 7 rings (SSSR count). The molecular weight excluding hydrogens is 638 g/mol. The van der Waals surface area contributed by atoms with Crippen molar-refractivity contribution in [1.29, 1.82) is 0 Å². The molecule has 5 aliphatic rings. The molecule has 5 fully saturated rings. The van der Waals surface area contributed by atoms with E-state index in [0.717, 1.165) is 5.56 Å². The van der Waals surface area contributed by atoms with Gasteiger partial charge in [0.2, 0.25) is 0 Å². The van der Waals surface area contributed by atoms with Crippen LogP contribution in [0.5, 0.6) is 0 Å². The molecule has 0 bridgehead atoms. The molecule has 272 valence electrons. The monoisotopic (exact) mass is 689 g/mol. The first-order valence-electron chi connectivity index (χ1n) is 17.6. The lowest BCUT2D eigenvalue weighted by molar-refractivity contribution is -0.343. The largest absolute Gasteiger partial charge is 0.396 e. The van der Waals surface area contributed by atoms with E-state index < -0.39 is 102 Å². The number of aromatic nitrogens is 3. The van der Waals surface area contributed by atoms with Gasteiger partial charge in [-0.1, -0.05) is 42.5 Å². The van der Waals surface area contributed by atoms with Crippen LogP contribution in [0.4, 0.5) is 0 Å². The molecule has 0 radical (unpaired) electrons. The molecular formula is C35H51N3O11. The number of aliphatic hydroxyl groups is 9. The Morgan fingerprint density at radius 3 is 2.45 bits per heavy atom. The van der Waals surface area contributed by atoms with Crippen molar-refractivity contribution < 1.29 is 55.4 Å². The van der Waals surface area contributed by atoms with Crippen LogP contribution in [-0.2, 0) is 16.0 Å². The van der Waals surface area contributed by atoms with Crippen LogP contribution in [0.1, 0.15) is 76.2 Å². The van der Waals surface area contributed by atoms with Crippen LogP contribution in [-0.4, -0.2) is 128 Å². The summed E-state index contributed by atoms with van der Waals surface area (Å²) in [5, 5.41) is 111. The molecule has 1 aromatic heterocycles. The molecule has 1 unspecified atom stereocenters. The van der Waals surface area contributed by atoms with Gasteiger partial charge in [0.15, 0.2) is 6.29 Å². The molecule has 14 nitrogen and oxygen atoms in total. The number of benzene rings is 1. The van der Waals surface area contributed by atoms with Gasteiger partial charge in [-0.3, -0.25) is 0 Å². The third-order valence-corrected chi connectivity index (χ3v) is 13.5. The molecule has 1 saturated heterocycles. The Labute approximate surface area is 284 Å². The molecule has 0 amide bonds. The van der Waals surface area contributed by atoms with Crippen LogP contribution in [0.2, 0.25) is 0 Å². The minimum Gasteiger partial charge on any atom is -0.396 e. The van der Waals surface area contributed by atoms with Crippen molar-refractivity contribution in [3.05, 3.63) is 47.8 Å². The third kappa shape index (κ3) is 5.25. The molecule has 2 aromatic rings. The summed E-state index contributed by atoms with van der Waals surface area (Å²) in [4.78, 5) is 0. The smallest absolute Gasteiger partial charge is 0.186 e.